The van der Waals surface area contributed by atoms with E-state index in [0.29, 0.717) is 17.5 Å². The number of furan rings is 1. The molecule has 312 valence electrons. The van der Waals surface area contributed by atoms with E-state index in [0.717, 1.165) is 94.0 Å². The molecule has 0 N–H and O–H groups in total. The van der Waals surface area contributed by atoms with Gasteiger partial charge in [0.1, 0.15) is 11.2 Å². The number of para-hydroxylation sites is 4. The Morgan fingerprint density at radius 2 is 0.881 bits per heavy atom. The molecule has 10 aromatic carbocycles. The Labute approximate surface area is 384 Å². The lowest BCUT2D eigenvalue weighted by Crippen LogP contribution is -2.02. The number of hydrogen-bond donors (Lipinski definition) is 0. The number of hydrogen-bond acceptors (Lipinski definition) is 4. The second kappa shape index (κ2) is 14.7. The average Bonchev–Trinajstić information content (AvgIpc) is 4.06. The van der Waals surface area contributed by atoms with Gasteiger partial charge in [0.2, 0.25) is 0 Å². The van der Waals surface area contributed by atoms with Crippen molar-refractivity contribution in [3.63, 3.8) is 0 Å². The van der Waals surface area contributed by atoms with Crippen LogP contribution in [-0.4, -0.2) is 24.1 Å². The number of rotatable bonds is 6. The lowest BCUT2D eigenvalue weighted by Gasteiger charge is -2.16. The molecule has 6 heteroatoms. The molecule has 4 aromatic heterocycles. The minimum absolute atomic E-state index is 0.576. The summed E-state index contributed by atoms with van der Waals surface area (Å²) in [4.78, 5) is 16.2. The normalized spacial score (nSPS) is 11.9. The Kier molecular flexibility index (Phi) is 8.18. The van der Waals surface area contributed by atoms with Gasteiger partial charge in [-0.1, -0.05) is 152 Å². The van der Waals surface area contributed by atoms with Gasteiger partial charge < -0.3 is 13.6 Å². The molecule has 0 unspecified atom stereocenters. The smallest absolute Gasteiger partial charge is 0.164 e. The molecule has 0 aliphatic carbocycles. The first-order valence-electron chi connectivity index (χ1n) is 22.6. The molecule has 0 saturated heterocycles. The van der Waals surface area contributed by atoms with Gasteiger partial charge in [0.15, 0.2) is 17.5 Å². The van der Waals surface area contributed by atoms with Crippen LogP contribution in [0.2, 0.25) is 0 Å². The van der Waals surface area contributed by atoms with Crippen LogP contribution in [0.5, 0.6) is 0 Å². The van der Waals surface area contributed by atoms with Crippen molar-refractivity contribution in [2.24, 2.45) is 0 Å². The predicted octanol–water partition coefficient (Wildman–Crippen LogP) is 15.8. The third-order valence-corrected chi connectivity index (χ3v) is 13.4. The first-order chi connectivity index (χ1) is 33.2. The van der Waals surface area contributed by atoms with Gasteiger partial charge >= 0.3 is 0 Å². The highest BCUT2D eigenvalue weighted by atomic mass is 16.3. The van der Waals surface area contributed by atoms with Crippen LogP contribution < -0.4 is 0 Å². The minimum Gasteiger partial charge on any atom is -0.456 e. The third kappa shape index (κ3) is 5.80. The number of benzene rings is 10. The van der Waals surface area contributed by atoms with Crippen LogP contribution >= 0.6 is 0 Å². The molecule has 0 aliphatic heterocycles. The molecule has 14 aromatic rings. The van der Waals surface area contributed by atoms with Crippen molar-refractivity contribution in [3.8, 4) is 56.7 Å². The van der Waals surface area contributed by atoms with Crippen molar-refractivity contribution in [3.05, 3.63) is 224 Å². The fourth-order valence-corrected chi connectivity index (χ4v) is 10.4. The summed E-state index contributed by atoms with van der Waals surface area (Å²) < 4.78 is 11.3. The third-order valence-electron chi connectivity index (χ3n) is 13.4. The molecule has 0 amide bonds. The molecule has 4 heterocycles. The first-order valence-corrected chi connectivity index (χ1v) is 22.6. The molecule has 0 saturated carbocycles. The summed E-state index contributed by atoms with van der Waals surface area (Å²) in [6, 6.07) is 79.1. The summed E-state index contributed by atoms with van der Waals surface area (Å²) in [6.07, 6.45) is 0. The maximum Gasteiger partial charge on any atom is 0.164 e. The van der Waals surface area contributed by atoms with Crippen molar-refractivity contribution in [1.82, 2.24) is 24.1 Å². The molecule has 0 atom stereocenters. The zero-order chi connectivity index (χ0) is 44.0. The van der Waals surface area contributed by atoms with Crippen molar-refractivity contribution < 1.29 is 4.42 Å². The standard InChI is InChI=1S/C61H37N5O/c1-3-17-38(18-4-1)59-62-60(64-61(63-59)48-27-15-30-53-57(48)46-24-10-13-29-52(46)65(53)41-21-5-2-6-22-41)45-34-33-42(37-49(45)44-26-16-32-56-58(44)47-25-11-14-31-55(47)67-56)66-51-28-12-9-23-43(51)50-35-39-19-7-8-20-40(39)36-54(50)66/h1-37H. The van der Waals surface area contributed by atoms with Crippen LogP contribution in [-0.2, 0) is 0 Å². The molecule has 0 fully saturated rings. The summed E-state index contributed by atoms with van der Waals surface area (Å²) >= 11 is 0. The molecule has 0 bridgehead atoms. The highest BCUT2D eigenvalue weighted by molar-refractivity contribution is 6.17. The molecule has 14 rings (SSSR count). The largest absolute Gasteiger partial charge is 0.456 e. The Hall–Kier alpha value is -9.13. The van der Waals surface area contributed by atoms with E-state index in [9.17, 15) is 0 Å². The molecule has 0 aliphatic rings. The number of nitrogens with zero attached hydrogens (tertiary/aromatic N) is 5. The van der Waals surface area contributed by atoms with Crippen LogP contribution in [0.3, 0.4) is 0 Å². The molecule has 67 heavy (non-hydrogen) atoms. The highest BCUT2D eigenvalue weighted by Crippen LogP contribution is 2.44. The lowest BCUT2D eigenvalue weighted by atomic mass is 9.94. The quantitative estimate of drug-likeness (QED) is 0.167. The topological polar surface area (TPSA) is 61.7 Å². The average molecular weight is 856 g/mol. The van der Waals surface area contributed by atoms with Crippen molar-refractivity contribution in [2.45, 2.75) is 0 Å². The Morgan fingerprint density at radius 3 is 1.70 bits per heavy atom. The summed E-state index contributed by atoms with van der Waals surface area (Å²) in [5.74, 6) is 1.77. The van der Waals surface area contributed by atoms with E-state index in [1.54, 1.807) is 0 Å². The van der Waals surface area contributed by atoms with Crippen LogP contribution in [0.1, 0.15) is 0 Å². The second-order valence-corrected chi connectivity index (χ2v) is 17.1. The second-order valence-electron chi connectivity index (χ2n) is 17.1. The van der Waals surface area contributed by atoms with E-state index in [1.807, 2.05) is 30.3 Å². The van der Waals surface area contributed by atoms with Crippen LogP contribution in [0.25, 0.3) is 133 Å². The predicted molar refractivity (Wildman–Crippen MR) is 275 cm³/mol. The van der Waals surface area contributed by atoms with Gasteiger partial charge in [-0.3, -0.25) is 0 Å². The van der Waals surface area contributed by atoms with E-state index >= 15 is 0 Å². The van der Waals surface area contributed by atoms with Gasteiger partial charge in [0, 0.05) is 60.4 Å². The maximum absolute atomic E-state index is 6.53. The first kappa shape index (κ1) is 37.3. The summed E-state index contributed by atoms with van der Waals surface area (Å²) in [5, 5.41) is 9.13. The van der Waals surface area contributed by atoms with Crippen molar-refractivity contribution >= 4 is 76.3 Å². The fraction of sp³-hybridized carbons (Fsp3) is 0. The molecular weight excluding hydrogens is 819 g/mol. The monoisotopic (exact) mass is 855 g/mol. The Morgan fingerprint density at radius 1 is 0.299 bits per heavy atom. The minimum atomic E-state index is 0.576. The van der Waals surface area contributed by atoms with Gasteiger partial charge in [-0.2, -0.15) is 0 Å². The molecule has 0 radical (unpaired) electrons. The summed E-state index contributed by atoms with van der Waals surface area (Å²) in [6.45, 7) is 0. The van der Waals surface area contributed by atoms with Crippen LogP contribution in [0, 0.1) is 0 Å². The fourth-order valence-electron chi connectivity index (χ4n) is 10.4. The van der Waals surface area contributed by atoms with Gasteiger partial charge in [-0.15, -0.1) is 0 Å². The van der Waals surface area contributed by atoms with Crippen LogP contribution in [0.4, 0.5) is 0 Å². The van der Waals surface area contributed by atoms with Gasteiger partial charge in [-0.05, 0) is 94.7 Å². The summed E-state index contributed by atoms with van der Waals surface area (Å²) in [7, 11) is 0. The molecular formula is C61H37N5O. The van der Waals surface area contributed by atoms with Gasteiger partial charge in [-0.25, -0.2) is 15.0 Å². The van der Waals surface area contributed by atoms with Gasteiger partial charge in [0.05, 0.1) is 22.1 Å². The van der Waals surface area contributed by atoms with E-state index in [-0.39, 0.29) is 0 Å². The van der Waals surface area contributed by atoms with Gasteiger partial charge in [0.25, 0.3) is 0 Å². The van der Waals surface area contributed by atoms with E-state index in [4.69, 9.17) is 19.4 Å². The number of aromatic nitrogens is 5. The van der Waals surface area contributed by atoms with E-state index in [1.165, 1.54) is 21.5 Å². The summed E-state index contributed by atoms with van der Waals surface area (Å²) in [5.41, 5.74) is 13.0. The van der Waals surface area contributed by atoms with Crippen molar-refractivity contribution in [2.75, 3.05) is 0 Å². The zero-order valence-electron chi connectivity index (χ0n) is 36.0. The maximum atomic E-state index is 6.53. The lowest BCUT2D eigenvalue weighted by molar-refractivity contribution is 0.669. The van der Waals surface area contributed by atoms with E-state index < -0.39 is 0 Å². The SMILES string of the molecule is c1ccc(-c2nc(-c3ccc(-n4c5ccccc5c5cc6ccccc6cc54)cc3-c3cccc4oc5ccccc5c34)nc(-c3cccc4c3c3ccccc3n4-c3ccccc3)n2)cc1. The zero-order valence-corrected chi connectivity index (χ0v) is 36.0. The molecule has 0 spiro atoms. The number of fused-ring (bicyclic) bond motifs is 10. The highest BCUT2D eigenvalue weighted by Gasteiger charge is 2.24. The van der Waals surface area contributed by atoms with Crippen LogP contribution in [0.15, 0.2) is 229 Å². The van der Waals surface area contributed by atoms with E-state index in [2.05, 4.69) is 203 Å². The Bertz CT molecular complexity index is 4280. The van der Waals surface area contributed by atoms with Crippen molar-refractivity contribution in [1.29, 1.82) is 0 Å². The Balaban J connectivity index is 1.07. The molecule has 6 nitrogen and oxygen atoms in total.